The highest BCUT2D eigenvalue weighted by Gasteiger charge is 2.39. The van der Waals surface area contributed by atoms with Crippen LogP contribution in [0.1, 0.15) is 5.56 Å². The molecule has 3 aliphatic heterocycles. The van der Waals surface area contributed by atoms with Gasteiger partial charge in [-0.3, -0.25) is 9.69 Å². The largest absolute Gasteiger partial charge is 0.321 e. The molecule has 0 unspecified atom stereocenters. The molecule has 0 aliphatic carbocycles. The maximum absolute atomic E-state index is 12.2. The van der Waals surface area contributed by atoms with Crippen molar-refractivity contribution in [2.75, 3.05) is 51.1 Å². The van der Waals surface area contributed by atoms with Crippen molar-refractivity contribution in [3.8, 4) is 0 Å². The van der Waals surface area contributed by atoms with Crippen LogP contribution in [-0.2, 0) is 4.79 Å². The van der Waals surface area contributed by atoms with Crippen LogP contribution < -0.4 is 5.32 Å². The molecule has 0 radical (unpaired) electrons. The number of quaternary nitrogens is 1. The Morgan fingerprint density at radius 3 is 2.32 bits per heavy atom. The number of carbonyl (C=O) groups excluding carboxylic acids is 1. The smallest absolute Gasteiger partial charge is 0.279 e. The number of aryl methyl sites for hydroxylation is 1. The van der Waals surface area contributed by atoms with Crippen molar-refractivity contribution in [1.29, 1.82) is 0 Å². The standard InChI is InChI=1S/C15H21N3O/c1-13-2-4-14(5-3-13)16-15(19)12-18-9-6-17(7-10-18)8-11-18/h2-5H,6-12H2,1H3/p+1. The topological polar surface area (TPSA) is 32.3 Å². The average Bonchev–Trinajstić information content (AvgIpc) is 2.43. The monoisotopic (exact) mass is 260 g/mol. The van der Waals surface area contributed by atoms with Crippen molar-refractivity contribution in [2.45, 2.75) is 6.92 Å². The van der Waals surface area contributed by atoms with E-state index in [4.69, 9.17) is 0 Å². The van der Waals surface area contributed by atoms with Crippen molar-refractivity contribution >= 4 is 11.6 Å². The Bertz CT molecular complexity index is 447. The normalized spacial score (nSPS) is 29.2. The van der Waals surface area contributed by atoms with Gasteiger partial charge in [-0.1, -0.05) is 17.7 Å². The number of piperazine rings is 3. The van der Waals surface area contributed by atoms with Gasteiger partial charge in [-0.15, -0.1) is 0 Å². The molecule has 4 rings (SSSR count). The third-order valence-electron chi connectivity index (χ3n) is 4.49. The van der Waals surface area contributed by atoms with Crippen LogP contribution in [0.3, 0.4) is 0 Å². The van der Waals surface area contributed by atoms with Crippen LogP contribution in [0.4, 0.5) is 5.69 Å². The van der Waals surface area contributed by atoms with E-state index in [0.29, 0.717) is 6.54 Å². The maximum Gasteiger partial charge on any atom is 0.279 e. The zero-order valence-electron chi connectivity index (χ0n) is 11.6. The fourth-order valence-corrected chi connectivity index (χ4v) is 3.11. The Balaban J connectivity index is 1.60. The predicted molar refractivity (Wildman–Crippen MR) is 76.0 cm³/mol. The van der Waals surface area contributed by atoms with Crippen LogP contribution in [0.25, 0.3) is 0 Å². The zero-order valence-corrected chi connectivity index (χ0v) is 11.6. The number of nitrogens with zero attached hydrogens (tertiary/aromatic N) is 2. The van der Waals surface area contributed by atoms with Crippen LogP contribution in [0, 0.1) is 6.92 Å². The van der Waals surface area contributed by atoms with Gasteiger partial charge in [0.2, 0.25) is 0 Å². The highest BCUT2D eigenvalue weighted by atomic mass is 16.2. The summed E-state index contributed by atoms with van der Waals surface area (Å²) in [4.78, 5) is 14.7. The van der Waals surface area contributed by atoms with E-state index in [1.807, 2.05) is 24.3 Å². The summed E-state index contributed by atoms with van der Waals surface area (Å²) >= 11 is 0. The molecule has 3 aliphatic rings. The molecule has 3 fully saturated rings. The lowest BCUT2D eigenvalue weighted by molar-refractivity contribution is -0.933. The van der Waals surface area contributed by atoms with Crippen LogP contribution in [0.5, 0.6) is 0 Å². The molecular weight excluding hydrogens is 238 g/mol. The van der Waals surface area contributed by atoms with Crippen molar-refractivity contribution in [3.05, 3.63) is 29.8 Å². The van der Waals surface area contributed by atoms with E-state index < -0.39 is 0 Å². The van der Waals surface area contributed by atoms with Gasteiger partial charge in [-0.05, 0) is 19.1 Å². The van der Waals surface area contributed by atoms with Gasteiger partial charge < -0.3 is 9.80 Å². The number of anilines is 1. The molecule has 3 saturated heterocycles. The first-order chi connectivity index (χ1) is 9.15. The summed E-state index contributed by atoms with van der Waals surface area (Å²) in [5.41, 5.74) is 2.12. The number of nitrogens with one attached hydrogen (secondary N) is 1. The fraction of sp³-hybridized carbons (Fsp3) is 0.533. The minimum atomic E-state index is 0.152. The number of rotatable bonds is 3. The van der Waals surface area contributed by atoms with E-state index >= 15 is 0 Å². The van der Waals surface area contributed by atoms with Crippen molar-refractivity contribution in [1.82, 2.24) is 4.90 Å². The third-order valence-corrected chi connectivity index (χ3v) is 4.49. The molecule has 2 bridgehead atoms. The minimum absolute atomic E-state index is 0.152. The molecule has 102 valence electrons. The number of fused-ring (bicyclic) bond motifs is 3. The second-order valence-corrected chi connectivity index (χ2v) is 5.93. The summed E-state index contributed by atoms with van der Waals surface area (Å²) in [5, 5.41) is 3.02. The molecule has 4 nitrogen and oxygen atoms in total. The molecule has 0 atom stereocenters. The van der Waals surface area contributed by atoms with Gasteiger partial charge in [-0.2, -0.15) is 0 Å². The fourth-order valence-electron chi connectivity index (χ4n) is 3.11. The first kappa shape index (κ1) is 12.6. The van der Waals surface area contributed by atoms with Gasteiger partial charge in [0, 0.05) is 25.3 Å². The zero-order chi connectivity index (χ0) is 13.3. The first-order valence-corrected chi connectivity index (χ1v) is 7.09. The summed E-state index contributed by atoms with van der Waals surface area (Å²) in [5.74, 6) is 0.152. The molecule has 0 aromatic heterocycles. The highest BCUT2D eigenvalue weighted by molar-refractivity contribution is 5.91. The molecule has 1 amide bonds. The Hall–Kier alpha value is -1.39. The van der Waals surface area contributed by atoms with Crippen LogP contribution in [-0.4, -0.2) is 61.1 Å². The van der Waals surface area contributed by atoms with Crippen LogP contribution in [0.15, 0.2) is 24.3 Å². The van der Waals surface area contributed by atoms with Gasteiger partial charge in [0.15, 0.2) is 6.54 Å². The van der Waals surface area contributed by atoms with E-state index in [1.165, 1.54) is 5.56 Å². The van der Waals surface area contributed by atoms with E-state index in [1.54, 1.807) is 0 Å². The lowest BCUT2D eigenvalue weighted by Gasteiger charge is -2.50. The van der Waals surface area contributed by atoms with E-state index in [9.17, 15) is 4.79 Å². The number of carbonyl (C=O) groups is 1. The van der Waals surface area contributed by atoms with Gasteiger partial charge in [0.05, 0.1) is 19.6 Å². The van der Waals surface area contributed by atoms with Crippen molar-refractivity contribution < 1.29 is 9.28 Å². The lowest BCUT2D eigenvalue weighted by Crippen LogP contribution is -2.68. The summed E-state index contributed by atoms with van der Waals surface area (Å²) < 4.78 is 0.980. The first-order valence-electron chi connectivity index (χ1n) is 7.09. The van der Waals surface area contributed by atoms with Gasteiger partial charge in [0.25, 0.3) is 5.91 Å². The van der Waals surface area contributed by atoms with Crippen LogP contribution >= 0.6 is 0 Å². The molecule has 19 heavy (non-hydrogen) atoms. The summed E-state index contributed by atoms with van der Waals surface area (Å²) in [6.07, 6.45) is 0. The minimum Gasteiger partial charge on any atom is -0.321 e. The summed E-state index contributed by atoms with van der Waals surface area (Å²) in [7, 11) is 0. The molecule has 1 aromatic rings. The average molecular weight is 260 g/mol. The Labute approximate surface area is 114 Å². The van der Waals surface area contributed by atoms with Gasteiger partial charge in [-0.25, -0.2) is 0 Å². The predicted octanol–water partition coefficient (Wildman–Crippen LogP) is 1.08. The molecule has 0 spiro atoms. The number of amides is 1. The van der Waals surface area contributed by atoms with E-state index in [2.05, 4.69) is 17.1 Å². The number of hydrogen-bond acceptors (Lipinski definition) is 2. The number of benzene rings is 1. The second-order valence-electron chi connectivity index (χ2n) is 5.93. The Morgan fingerprint density at radius 2 is 1.74 bits per heavy atom. The van der Waals surface area contributed by atoms with E-state index in [0.717, 1.165) is 49.4 Å². The molecule has 1 aromatic carbocycles. The van der Waals surface area contributed by atoms with E-state index in [-0.39, 0.29) is 5.91 Å². The molecular formula is C15H22N3O+. The van der Waals surface area contributed by atoms with Gasteiger partial charge >= 0.3 is 0 Å². The maximum atomic E-state index is 12.2. The summed E-state index contributed by atoms with van der Waals surface area (Å²) in [6, 6.07) is 8.01. The molecule has 3 heterocycles. The SMILES string of the molecule is Cc1ccc(NC(=O)C[N+]23CCN(CC2)CC3)cc1. The van der Waals surface area contributed by atoms with Gasteiger partial charge in [0.1, 0.15) is 0 Å². The lowest BCUT2D eigenvalue weighted by atomic mass is 10.1. The van der Waals surface area contributed by atoms with Crippen molar-refractivity contribution in [2.24, 2.45) is 0 Å². The quantitative estimate of drug-likeness (QED) is 0.825. The van der Waals surface area contributed by atoms with Crippen molar-refractivity contribution in [3.63, 3.8) is 0 Å². The Morgan fingerprint density at radius 1 is 1.16 bits per heavy atom. The third kappa shape index (κ3) is 2.80. The summed E-state index contributed by atoms with van der Waals surface area (Å²) in [6.45, 7) is 9.51. The molecule has 4 heteroatoms. The molecule has 0 saturated carbocycles. The molecule has 1 N–H and O–H groups in total. The highest BCUT2D eigenvalue weighted by Crippen LogP contribution is 2.19. The van der Waals surface area contributed by atoms with Crippen LogP contribution in [0.2, 0.25) is 0 Å². The Kier molecular flexibility index (Phi) is 3.29. The number of hydrogen-bond donors (Lipinski definition) is 1. The second kappa shape index (κ2) is 4.94.